The quantitative estimate of drug-likeness (QED) is 0.159. The van der Waals surface area contributed by atoms with Gasteiger partial charge in [0.05, 0.1) is 5.41 Å². The lowest BCUT2D eigenvalue weighted by molar-refractivity contribution is -0.164. The summed E-state index contributed by atoms with van der Waals surface area (Å²) in [6.07, 6.45) is -0.993. The van der Waals surface area contributed by atoms with Gasteiger partial charge in [-0.15, -0.1) is 0 Å². The minimum absolute atomic E-state index is 0.00760. The van der Waals surface area contributed by atoms with Gasteiger partial charge in [0.2, 0.25) is 0 Å². The second-order valence-corrected chi connectivity index (χ2v) is 11.8. The normalized spacial score (nSPS) is 13.4. The van der Waals surface area contributed by atoms with Crippen LogP contribution in [0.15, 0.2) is 18.2 Å². The fraction of sp³-hybridized carbons (Fsp3) is 0.667. The third kappa shape index (κ3) is 12.4. The third-order valence-electron chi connectivity index (χ3n) is 6.78. The molecule has 1 rings (SSSR count). The molecule has 2 atom stereocenters. The van der Waals surface area contributed by atoms with Crippen molar-refractivity contribution in [2.24, 2.45) is 11.1 Å². The Morgan fingerprint density at radius 1 is 0.805 bits per heavy atom. The van der Waals surface area contributed by atoms with Crippen molar-refractivity contribution in [2.75, 3.05) is 6.61 Å². The number of rotatable bonds is 14. The Bertz CT molecular complexity index is 1060. The molecule has 0 aliphatic heterocycles. The van der Waals surface area contributed by atoms with E-state index in [1.54, 1.807) is 54.5 Å². The summed E-state index contributed by atoms with van der Waals surface area (Å²) in [6.45, 7) is 17.5. The van der Waals surface area contributed by atoms with Gasteiger partial charge in [-0.05, 0) is 91.8 Å². The number of carbonyl (C=O) groups excluding carboxylic acids is 4. The van der Waals surface area contributed by atoms with E-state index >= 15 is 0 Å². The molecule has 0 fully saturated rings. The van der Waals surface area contributed by atoms with Gasteiger partial charge in [-0.25, -0.2) is 9.59 Å². The lowest BCUT2D eigenvalue weighted by Gasteiger charge is -2.24. The van der Waals surface area contributed by atoms with Crippen LogP contribution in [0.2, 0.25) is 0 Å². The summed E-state index contributed by atoms with van der Waals surface area (Å²) in [4.78, 5) is 49.7. The maximum Gasteiger partial charge on any atom is 0.514 e. The van der Waals surface area contributed by atoms with Crippen LogP contribution in [0.3, 0.4) is 0 Å². The van der Waals surface area contributed by atoms with Gasteiger partial charge in [0.15, 0.2) is 11.5 Å². The summed E-state index contributed by atoms with van der Waals surface area (Å²) in [6, 6.07) is 3.30. The molecule has 0 saturated heterocycles. The first kappa shape index (κ1) is 35.7. The molecule has 0 heterocycles. The first-order valence-corrected chi connectivity index (χ1v) is 13.9. The molecule has 2 N–H and O–H groups in total. The molecule has 0 bridgehead atoms. The predicted molar refractivity (Wildman–Crippen MR) is 152 cm³/mol. The van der Waals surface area contributed by atoms with Crippen LogP contribution in [-0.4, -0.2) is 54.2 Å². The number of hydrogen-bond acceptors (Lipinski definition) is 11. The van der Waals surface area contributed by atoms with Crippen LogP contribution in [0.1, 0.15) is 94.1 Å². The molecule has 41 heavy (non-hydrogen) atoms. The summed E-state index contributed by atoms with van der Waals surface area (Å²) in [5, 5.41) is 0. The Morgan fingerprint density at radius 2 is 1.32 bits per heavy atom. The fourth-order valence-corrected chi connectivity index (χ4v) is 2.85. The summed E-state index contributed by atoms with van der Waals surface area (Å²) >= 11 is 0. The van der Waals surface area contributed by atoms with Gasteiger partial charge in [-0.1, -0.05) is 26.8 Å². The molecule has 11 nitrogen and oxygen atoms in total. The molecule has 11 heteroatoms. The van der Waals surface area contributed by atoms with Gasteiger partial charge >= 0.3 is 24.2 Å². The zero-order chi connectivity index (χ0) is 31.6. The highest BCUT2D eigenvalue weighted by Gasteiger charge is 2.29. The molecule has 0 unspecified atom stereocenters. The summed E-state index contributed by atoms with van der Waals surface area (Å²) in [7, 11) is 0. The van der Waals surface area contributed by atoms with E-state index < -0.39 is 47.0 Å². The Balaban J connectivity index is 3.01. The number of benzene rings is 1. The molecule has 1 aromatic carbocycles. The zero-order valence-electron chi connectivity index (χ0n) is 26.1. The van der Waals surface area contributed by atoms with Gasteiger partial charge in [-0.2, -0.15) is 0 Å². The van der Waals surface area contributed by atoms with Crippen LogP contribution >= 0.6 is 0 Å². The lowest BCUT2D eigenvalue weighted by Crippen LogP contribution is -2.38. The van der Waals surface area contributed by atoms with Gasteiger partial charge in [-0.3, -0.25) is 9.59 Å². The lowest BCUT2D eigenvalue weighted by atomic mass is 9.91. The van der Waals surface area contributed by atoms with Crippen molar-refractivity contribution in [3.63, 3.8) is 0 Å². The van der Waals surface area contributed by atoms with Gasteiger partial charge in [0, 0.05) is 0 Å². The van der Waals surface area contributed by atoms with Crippen LogP contribution in [0, 0.1) is 5.41 Å². The van der Waals surface area contributed by atoms with E-state index in [-0.39, 0.29) is 30.5 Å². The number of carbonyl (C=O) groups is 4. The number of nitrogens with two attached hydrogens (primary N) is 1. The van der Waals surface area contributed by atoms with Crippen LogP contribution in [0.5, 0.6) is 11.5 Å². The molecule has 0 saturated carbocycles. The van der Waals surface area contributed by atoms with Crippen LogP contribution in [-0.2, 0) is 35.0 Å². The summed E-state index contributed by atoms with van der Waals surface area (Å²) in [5.74, 6) is -1.30. The molecular formula is C30H47NO10. The summed E-state index contributed by atoms with van der Waals surface area (Å²) < 4.78 is 32.0. The molecule has 1 aromatic rings. The van der Waals surface area contributed by atoms with E-state index in [1.807, 2.05) is 20.8 Å². The largest absolute Gasteiger partial charge is 0.514 e. The van der Waals surface area contributed by atoms with Crippen LogP contribution < -0.4 is 15.2 Å². The molecule has 0 radical (unpaired) electrons. The number of hydrogen-bond donors (Lipinski definition) is 1. The average molecular weight is 582 g/mol. The first-order chi connectivity index (χ1) is 18.8. The van der Waals surface area contributed by atoms with Gasteiger partial charge in [0.25, 0.3) is 0 Å². The molecular weight excluding hydrogens is 534 g/mol. The average Bonchev–Trinajstić information content (AvgIpc) is 2.87. The first-order valence-electron chi connectivity index (χ1n) is 13.9. The van der Waals surface area contributed by atoms with Gasteiger partial charge < -0.3 is 34.2 Å². The zero-order valence-corrected chi connectivity index (χ0v) is 26.1. The predicted octanol–water partition coefficient (Wildman–Crippen LogP) is 5.88. The monoisotopic (exact) mass is 581 g/mol. The maximum atomic E-state index is 12.6. The van der Waals surface area contributed by atoms with Gasteiger partial charge in [0.1, 0.15) is 30.0 Å². The molecule has 232 valence electrons. The molecule has 0 spiro atoms. The van der Waals surface area contributed by atoms with Crippen LogP contribution in [0.25, 0.3) is 0 Å². The van der Waals surface area contributed by atoms with Crippen molar-refractivity contribution < 1.29 is 47.6 Å². The van der Waals surface area contributed by atoms with E-state index in [2.05, 4.69) is 0 Å². The highest BCUT2D eigenvalue weighted by atomic mass is 16.8. The van der Waals surface area contributed by atoms with E-state index in [1.165, 1.54) is 12.1 Å². The Labute approximate surface area is 243 Å². The molecule has 0 aliphatic rings. The van der Waals surface area contributed by atoms with E-state index in [9.17, 15) is 19.2 Å². The smallest absolute Gasteiger partial charge is 0.461 e. The standard InChI is InChI=1S/C30H47NO10/c1-11-28(5,6)25(33)36-18-19(4)37-24(32)21(31)16-20-14-15-22(38-26(34)40-29(7,8)12-2)23(17-20)39-27(35)41-30(9,10)13-3/h14-15,17,19,21H,11-13,16,18,31H2,1-10H3/t19-,21-/m0/s1. The van der Waals surface area contributed by atoms with E-state index in [0.717, 1.165) is 0 Å². The van der Waals surface area contributed by atoms with Crippen molar-refractivity contribution in [1.82, 2.24) is 0 Å². The highest BCUT2D eigenvalue weighted by Crippen LogP contribution is 2.31. The SMILES string of the molecule is CCC(C)(C)OC(=O)Oc1ccc(C[C@H](N)C(=O)O[C@@H](C)COC(=O)C(C)(C)CC)cc1OC(=O)OC(C)(C)CC. The van der Waals surface area contributed by atoms with Crippen molar-refractivity contribution >= 4 is 24.2 Å². The molecule has 0 amide bonds. The van der Waals surface area contributed by atoms with Crippen molar-refractivity contribution in [1.29, 1.82) is 0 Å². The molecule has 0 aromatic heterocycles. The topological polar surface area (TPSA) is 150 Å². The van der Waals surface area contributed by atoms with E-state index in [0.29, 0.717) is 24.8 Å². The highest BCUT2D eigenvalue weighted by molar-refractivity contribution is 5.77. The summed E-state index contributed by atoms with van der Waals surface area (Å²) in [5.41, 5.74) is 4.37. The Hall–Kier alpha value is -3.34. The van der Waals surface area contributed by atoms with Crippen molar-refractivity contribution in [3.05, 3.63) is 23.8 Å². The number of esters is 2. The maximum absolute atomic E-state index is 12.6. The second-order valence-electron chi connectivity index (χ2n) is 11.8. The fourth-order valence-electron chi connectivity index (χ4n) is 2.85. The van der Waals surface area contributed by atoms with Crippen molar-refractivity contribution in [2.45, 2.75) is 118 Å². The second kappa shape index (κ2) is 15.0. The molecule has 0 aliphatic carbocycles. The van der Waals surface area contributed by atoms with E-state index in [4.69, 9.17) is 34.2 Å². The number of ether oxygens (including phenoxy) is 6. The third-order valence-corrected chi connectivity index (χ3v) is 6.78. The Kier molecular flexibility index (Phi) is 13.1. The van der Waals surface area contributed by atoms with Crippen molar-refractivity contribution in [3.8, 4) is 11.5 Å². The minimum Gasteiger partial charge on any atom is -0.461 e. The van der Waals surface area contributed by atoms with Crippen LogP contribution in [0.4, 0.5) is 9.59 Å². The Morgan fingerprint density at radius 3 is 1.80 bits per heavy atom. The minimum atomic E-state index is -1.08.